The molecule has 0 unspecified atom stereocenters. The molecule has 0 aliphatic heterocycles. The molecule has 0 aromatic carbocycles. The van der Waals surface area contributed by atoms with Gasteiger partial charge in [0.1, 0.15) is 0 Å². The zero-order valence-corrected chi connectivity index (χ0v) is 10.2. The van der Waals surface area contributed by atoms with E-state index in [2.05, 4.69) is 26.3 Å². The summed E-state index contributed by atoms with van der Waals surface area (Å²) in [6, 6.07) is 5.00. The van der Waals surface area contributed by atoms with Crippen LogP contribution in [0.25, 0.3) is 0 Å². The zero-order valence-electron chi connectivity index (χ0n) is 8.61. The Balaban J connectivity index is 2.07. The largest absolute Gasteiger partial charge is 0.444 e. The standard InChI is InChI=1S/C10H10BrN3O2/c1-2-14-6-5-9(13-14)12-10(15)7-3-4-8(11)16-7/h3-6H,2H2,1H3,(H,12,13,15). The van der Waals surface area contributed by atoms with Gasteiger partial charge in [-0.25, -0.2) is 0 Å². The van der Waals surface area contributed by atoms with Crippen molar-refractivity contribution >= 4 is 27.7 Å². The maximum atomic E-state index is 11.7. The second kappa shape index (κ2) is 4.52. The van der Waals surface area contributed by atoms with Gasteiger partial charge in [-0.15, -0.1) is 0 Å². The monoisotopic (exact) mass is 283 g/mol. The van der Waals surface area contributed by atoms with Crippen LogP contribution in [0.3, 0.4) is 0 Å². The van der Waals surface area contributed by atoms with Crippen molar-refractivity contribution in [3.63, 3.8) is 0 Å². The molecule has 1 N–H and O–H groups in total. The molecule has 0 saturated carbocycles. The first kappa shape index (κ1) is 10.9. The molecule has 1 amide bonds. The molecule has 16 heavy (non-hydrogen) atoms. The normalized spacial score (nSPS) is 10.4. The van der Waals surface area contributed by atoms with Gasteiger partial charge in [0.2, 0.25) is 0 Å². The zero-order chi connectivity index (χ0) is 11.5. The number of carbonyl (C=O) groups excluding carboxylic acids is 1. The van der Waals surface area contributed by atoms with E-state index in [1.54, 1.807) is 29.1 Å². The molecule has 2 aromatic heterocycles. The fourth-order valence-corrected chi connectivity index (χ4v) is 1.53. The van der Waals surface area contributed by atoms with Crippen LogP contribution in [-0.2, 0) is 6.54 Å². The van der Waals surface area contributed by atoms with E-state index in [9.17, 15) is 4.79 Å². The minimum atomic E-state index is -0.313. The van der Waals surface area contributed by atoms with Gasteiger partial charge >= 0.3 is 0 Å². The molecular formula is C10H10BrN3O2. The third-order valence-corrected chi connectivity index (χ3v) is 2.43. The predicted octanol–water partition coefficient (Wildman–Crippen LogP) is 2.51. The Bertz CT molecular complexity index is 504. The molecule has 2 heterocycles. The molecule has 84 valence electrons. The van der Waals surface area contributed by atoms with Crippen LogP contribution in [0.5, 0.6) is 0 Å². The van der Waals surface area contributed by atoms with E-state index in [4.69, 9.17) is 4.42 Å². The summed E-state index contributed by atoms with van der Waals surface area (Å²) in [7, 11) is 0. The Kier molecular flexibility index (Phi) is 3.09. The molecule has 2 rings (SSSR count). The number of amides is 1. The minimum absolute atomic E-state index is 0.248. The van der Waals surface area contributed by atoms with Crippen molar-refractivity contribution in [3.05, 3.63) is 34.8 Å². The van der Waals surface area contributed by atoms with Gasteiger partial charge in [0.15, 0.2) is 16.2 Å². The molecule has 0 bridgehead atoms. The number of halogens is 1. The van der Waals surface area contributed by atoms with Crippen LogP contribution in [0.15, 0.2) is 33.5 Å². The maximum absolute atomic E-state index is 11.7. The molecule has 2 aromatic rings. The number of anilines is 1. The highest BCUT2D eigenvalue weighted by atomic mass is 79.9. The molecule has 0 aliphatic carbocycles. The molecule has 0 atom stereocenters. The summed E-state index contributed by atoms with van der Waals surface area (Å²) in [5.41, 5.74) is 0. The predicted molar refractivity (Wildman–Crippen MR) is 62.3 cm³/mol. The van der Waals surface area contributed by atoms with Gasteiger partial charge in [0, 0.05) is 18.8 Å². The van der Waals surface area contributed by atoms with Crippen molar-refractivity contribution in [1.82, 2.24) is 9.78 Å². The Hall–Kier alpha value is -1.56. The first-order valence-corrected chi connectivity index (χ1v) is 5.58. The average Bonchev–Trinajstić information content (AvgIpc) is 2.87. The van der Waals surface area contributed by atoms with Crippen LogP contribution >= 0.6 is 15.9 Å². The molecule has 0 fully saturated rings. The number of nitrogens with one attached hydrogen (secondary N) is 1. The van der Waals surface area contributed by atoms with Crippen molar-refractivity contribution in [2.75, 3.05) is 5.32 Å². The van der Waals surface area contributed by atoms with Crippen LogP contribution in [0, 0.1) is 0 Å². The van der Waals surface area contributed by atoms with E-state index in [1.807, 2.05) is 6.92 Å². The highest BCUT2D eigenvalue weighted by molar-refractivity contribution is 9.10. The highest BCUT2D eigenvalue weighted by Gasteiger charge is 2.11. The smallest absolute Gasteiger partial charge is 0.292 e. The van der Waals surface area contributed by atoms with Crippen LogP contribution in [0.2, 0.25) is 0 Å². The van der Waals surface area contributed by atoms with Crippen LogP contribution < -0.4 is 5.32 Å². The van der Waals surface area contributed by atoms with Crippen molar-refractivity contribution < 1.29 is 9.21 Å². The topological polar surface area (TPSA) is 60.1 Å². The fraction of sp³-hybridized carbons (Fsp3) is 0.200. The third kappa shape index (κ3) is 2.33. The lowest BCUT2D eigenvalue weighted by Crippen LogP contribution is -2.11. The summed E-state index contributed by atoms with van der Waals surface area (Å²) >= 11 is 3.13. The van der Waals surface area contributed by atoms with E-state index < -0.39 is 0 Å². The second-order valence-corrected chi connectivity index (χ2v) is 3.90. The molecule has 0 radical (unpaired) electrons. The number of aryl methyl sites for hydroxylation is 1. The van der Waals surface area contributed by atoms with E-state index >= 15 is 0 Å². The van der Waals surface area contributed by atoms with Gasteiger partial charge in [-0.1, -0.05) is 0 Å². The SMILES string of the molecule is CCn1ccc(NC(=O)c2ccc(Br)o2)n1. The van der Waals surface area contributed by atoms with E-state index in [0.717, 1.165) is 6.54 Å². The van der Waals surface area contributed by atoms with Crippen molar-refractivity contribution in [2.24, 2.45) is 0 Å². The van der Waals surface area contributed by atoms with E-state index in [-0.39, 0.29) is 11.7 Å². The molecule has 0 saturated heterocycles. The lowest BCUT2D eigenvalue weighted by Gasteiger charge is -1.98. The lowest BCUT2D eigenvalue weighted by atomic mass is 10.4. The Morgan fingerprint density at radius 3 is 2.94 bits per heavy atom. The van der Waals surface area contributed by atoms with Gasteiger partial charge < -0.3 is 9.73 Å². The number of hydrogen-bond donors (Lipinski definition) is 1. The summed E-state index contributed by atoms with van der Waals surface area (Å²) < 4.78 is 7.38. The van der Waals surface area contributed by atoms with Crippen LogP contribution in [-0.4, -0.2) is 15.7 Å². The first-order valence-electron chi connectivity index (χ1n) is 4.79. The minimum Gasteiger partial charge on any atom is -0.444 e. The summed E-state index contributed by atoms with van der Waals surface area (Å²) in [4.78, 5) is 11.7. The molecule has 5 nitrogen and oxygen atoms in total. The molecular weight excluding hydrogens is 274 g/mol. The van der Waals surface area contributed by atoms with Crippen molar-refractivity contribution in [3.8, 4) is 0 Å². The number of aromatic nitrogens is 2. The van der Waals surface area contributed by atoms with Gasteiger partial charge in [0.05, 0.1) is 0 Å². The summed E-state index contributed by atoms with van der Waals surface area (Å²) in [6.07, 6.45) is 1.80. The molecule has 0 aliphatic rings. The van der Waals surface area contributed by atoms with Gasteiger partial charge in [-0.2, -0.15) is 5.10 Å². The number of furan rings is 1. The fourth-order valence-electron chi connectivity index (χ4n) is 1.22. The van der Waals surface area contributed by atoms with Crippen LogP contribution in [0.1, 0.15) is 17.5 Å². The van der Waals surface area contributed by atoms with Gasteiger partial charge in [-0.3, -0.25) is 9.48 Å². The highest BCUT2D eigenvalue weighted by Crippen LogP contribution is 2.15. The Morgan fingerprint density at radius 1 is 1.56 bits per heavy atom. The number of hydrogen-bond acceptors (Lipinski definition) is 3. The summed E-state index contributed by atoms with van der Waals surface area (Å²) in [5.74, 6) is 0.448. The van der Waals surface area contributed by atoms with Crippen molar-refractivity contribution in [1.29, 1.82) is 0 Å². The molecule has 6 heteroatoms. The summed E-state index contributed by atoms with van der Waals surface area (Å²) in [5, 5.41) is 6.77. The van der Waals surface area contributed by atoms with Crippen molar-refractivity contribution in [2.45, 2.75) is 13.5 Å². The average molecular weight is 284 g/mol. The number of nitrogens with zero attached hydrogens (tertiary/aromatic N) is 2. The Morgan fingerprint density at radius 2 is 2.38 bits per heavy atom. The third-order valence-electron chi connectivity index (χ3n) is 2.00. The lowest BCUT2D eigenvalue weighted by molar-refractivity contribution is 0.0995. The van der Waals surface area contributed by atoms with Gasteiger partial charge in [0.25, 0.3) is 5.91 Å². The van der Waals surface area contributed by atoms with Gasteiger partial charge in [-0.05, 0) is 35.0 Å². The summed E-state index contributed by atoms with van der Waals surface area (Å²) in [6.45, 7) is 2.74. The maximum Gasteiger partial charge on any atom is 0.292 e. The number of carbonyl (C=O) groups is 1. The van der Waals surface area contributed by atoms with Crippen LogP contribution in [0.4, 0.5) is 5.82 Å². The number of rotatable bonds is 3. The van der Waals surface area contributed by atoms with E-state index in [1.165, 1.54) is 0 Å². The molecule has 0 spiro atoms. The quantitative estimate of drug-likeness (QED) is 0.942. The Labute approximate surface area is 101 Å². The second-order valence-electron chi connectivity index (χ2n) is 3.11. The first-order chi connectivity index (χ1) is 7.69. The van der Waals surface area contributed by atoms with E-state index in [0.29, 0.717) is 10.5 Å².